The Bertz CT molecular complexity index is 248. The molecule has 0 N–H and O–H groups in total. The van der Waals surface area contributed by atoms with E-state index in [4.69, 9.17) is 0 Å². The van der Waals surface area contributed by atoms with Crippen molar-refractivity contribution in [1.82, 2.24) is 0 Å². The first kappa shape index (κ1) is 14.2. The average molecular weight is 238 g/mol. The maximum absolute atomic E-state index is 12.6. The molecule has 0 aromatic carbocycles. The molecule has 0 unspecified atom stereocenters. The minimum absolute atomic E-state index is 0.232. The summed E-state index contributed by atoms with van der Waals surface area (Å²) in [5, 5.41) is 0. The summed E-state index contributed by atoms with van der Waals surface area (Å²) in [6.45, 7) is 2.33. The van der Waals surface area contributed by atoms with E-state index in [1.54, 1.807) is 0 Å². The van der Waals surface area contributed by atoms with Crippen LogP contribution in [0, 0.1) is 0 Å². The molecule has 0 saturated heterocycles. The molecule has 0 spiro atoms. The predicted octanol–water partition coefficient (Wildman–Crippen LogP) is 4.18. The molecule has 0 aliphatic carbocycles. The molecule has 0 heterocycles. The number of hydrogen-bond acceptors (Lipinski definition) is 0. The summed E-state index contributed by atoms with van der Waals surface area (Å²) in [5.74, 6) is -11.1. The molecule has 0 fully saturated rings. The van der Waals surface area contributed by atoms with Crippen molar-refractivity contribution in [3.05, 3.63) is 11.6 Å². The minimum atomic E-state index is -6.25. The fourth-order valence-corrected chi connectivity index (χ4v) is 0.771. The number of allylic oxidation sites excluding steroid dienone is 2. The lowest BCUT2D eigenvalue weighted by atomic mass is 10.0. The largest absolute Gasteiger partial charge is 0.459 e. The highest BCUT2D eigenvalue weighted by atomic mass is 19.4. The lowest BCUT2D eigenvalue weighted by Crippen LogP contribution is -2.51. The van der Waals surface area contributed by atoms with Crippen molar-refractivity contribution in [2.75, 3.05) is 0 Å². The molecule has 0 rings (SSSR count). The third kappa shape index (κ3) is 2.85. The van der Waals surface area contributed by atoms with Crippen LogP contribution in [-0.4, -0.2) is 18.0 Å². The quantitative estimate of drug-likeness (QED) is 0.511. The zero-order valence-corrected chi connectivity index (χ0v) is 7.93. The van der Waals surface area contributed by atoms with Crippen LogP contribution >= 0.6 is 0 Å². The van der Waals surface area contributed by atoms with Crippen LogP contribution < -0.4 is 0 Å². The van der Waals surface area contributed by atoms with Crippen molar-refractivity contribution >= 4 is 0 Å². The summed E-state index contributed by atoms with van der Waals surface area (Å²) in [6.07, 6.45) is -6.80. The smallest absolute Gasteiger partial charge is 0.199 e. The van der Waals surface area contributed by atoms with E-state index in [0.29, 0.717) is 0 Å². The molecule has 15 heavy (non-hydrogen) atoms. The molecular formula is C8H9F7. The van der Waals surface area contributed by atoms with Gasteiger partial charge in [-0.2, -0.15) is 30.7 Å². The first-order chi connectivity index (χ1) is 6.45. The zero-order chi connectivity index (χ0) is 12.5. The van der Waals surface area contributed by atoms with Crippen LogP contribution in [0.4, 0.5) is 30.7 Å². The molecule has 0 atom stereocenters. The molecule has 0 amide bonds. The Hall–Kier alpha value is -0.750. The van der Waals surface area contributed by atoms with Crippen molar-refractivity contribution in [3.8, 4) is 0 Å². The highest BCUT2D eigenvalue weighted by Gasteiger charge is 2.72. The predicted molar refractivity (Wildman–Crippen MR) is 40.0 cm³/mol. The van der Waals surface area contributed by atoms with Crippen LogP contribution in [0.15, 0.2) is 11.6 Å². The molecule has 0 radical (unpaired) electrons. The van der Waals surface area contributed by atoms with Crippen LogP contribution in [0.1, 0.15) is 20.3 Å². The molecule has 0 bridgehead atoms. The van der Waals surface area contributed by atoms with Gasteiger partial charge in [-0.15, -0.1) is 0 Å². The van der Waals surface area contributed by atoms with Crippen molar-refractivity contribution in [1.29, 1.82) is 0 Å². The Balaban J connectivity index is 5.02. The van der Waals surface area contributed by atoms with E-state index in [0.717, 1.165) is 13.0 Å². The van der Waals surface area contributed by atoms with Gasteiger partial charge in [-0.25, -0.2) is 0 Å². The molecule has 7 heteroatoms. The molecule has 90 valence electrons. The van der Waals surface area contributed by atoms with E-state index in [1.165, 1.54) is 6.92 Å². The second-order valence-electron chi connectivity index (χ2n) is 3.09. The zero-order valence-electron chi connectivity index (χ0n) is 7.93. The van der Waals surface area contributed by atoms with E-state index in [9.17, 15) is 30.7 Å². The van der Waals surface area contributed by atoms with Gasteiger partial charge in [-0.1, -0.05) is 11.6 Å². The van der Waals surface area contributed by atoms with Gasteiger partial charge in [0.25, 0.3) is 0 Å². The fraction of sp³-hybridized carbons (Fsp3) is 0.750. The fourth-order valence-electron chi connectivity index (χ4n) is 0.771. The summed E-state index contributed by atoms with van der Waals surface area (Å²) in [6, 6.07) is 0. The van der Waals surface area contributed by atoms with Crippen molar-refractivity contribution in [2.24, 2.45) is 0 Å². The van der Waals surface area contributed by atoms with E-state index >= 15 is 0 Å². The Morgan fingerprint density at radius 2 is 1.40 bits per heavy atom. The van der Waals surface area contributed by atoms with Crippen LogP contribution in [0.5, 0.6) is 0 Å². The molecule has 0 aliphatic heterocycles. The Labute approximate surface area is 81.8 Å². The summed E-state index contributed by atoms with van der Waals surface area (Å²) in [4.78, 5) is 0. The van der Waals surface area contributed by atoms with Crippen LogP contribution in [0.25, 0.3) is 0 Å². The molecule has 0 aliphatic rings. The van der Waals surface area contributed by atoms with E-state index in [-0.39, 0.29) is 5.57 Å². The van der Waals surface area contributed by atoms with Gasteiger partial charge in [-0.3, -0.25) is 0 Å². The lowest BCUT2D eigenvalue weighted by Gasteiger charge is -2.28. The molecule has 0 saturated carbocycles. The Morgan fingerprint density at radius 1 is 1.00 bits per heavy atom. The minimum Gasteiger partial charge on any atom is -0.199 e. The second-order valence-corrected chi connectivity index (χ2v) is 3.09. The van der Waals surface area contributed by atoms with Crippen molar-refractivity contribution in [2.45, 2.75) is 38.3 Å². The van der Waals surface area contributed by atoms with E-state index in [2.05, 4.69) is 0 Å². The molecular weight excluding hydrogens is 229 g/mol. The highest BCUT2D eigenvalue weighted by molar-refractivity contribution is 5.04. The summed E-state index contributed by atoms with van der Waals surface area (Å²) >= 11 is 0. The average Bonchev–Trinajstić information content (AvgIpc) is 2.00. The third-order valence-corrected chi connectivity index (χ3v) is 1.81. The van der Waals surface area contributed by atoms with Gasteiger partial charge in [0.1, 0.15) is 0 Å². The number of alkyl halides is 7. The van der Waals surface area contributed by atoms with Gasteiger partial charge in [0.2, 0.25) is 0 Å². The topological polar surface area (TPSA) is 0 Å². The SMILES string of the molecule is CC=C(C)CC(F)(F)C(F)(F)C(F)(F)F. The highest BCUT2D eigenvalue weighted by Crippen LogP contribution is 2.48. The van der Waals surface area contributed by atoms with Gasteiger partial charge in [-0.05, 0) is 13.8 Å². The van der Waals surface area contributed by atoms with Gasteiger partial charge in [0.15, 0.2) is 0 Å². The lowest BCUT2D eigenvalue weighted by molar-refractivity contribution is -0.353. The number of rotatable bonds is 3. The first-order valence-electron chi connectivity index (χ1n) is 3.90. The van der Waals surface area contributed by atoms with Gasteiger partial charge in [0, 0.05) is 6.42 Å². The Kier molecular flexibility index (Phi) is 3.82. The number of halogens is 7. The Morgan fingerprint density at radius 3 is 1.67 bits per heavy atom. The maximum Gasteiger partial charge on any atom is 0.459 e. The summed E-state index contributed by atoms with van der Waals surface area (Å²) in [5.41, 5.74) is -0.232. The maximum atomic E-state index is 12.6. The monoisotopic (exact) mass is 238 g/mol. The van der Waals surface area contributed by atoms with Crippen LogP contribution in [0.2, 0.25) is 0 Å². The van der Waals surface area contributed by atoms with Crippen LogP contribution in [-0.2, 0) is 0 Å². The van der Waals surface area contributed by atoms with Gasteiger partial charge in [0.05, 0.1) is 0 Å². The van der Waals surface area contributed by atoms with Crippen molar-refractivity contribution in [3.63, 3.8) is 0 Å². The third-order valence-electron chi connectivity index (χ3n) is 1.81. The normalized spacial score (nSPS) is 15.7. The standard InChI is InChI=1S/C8H9F7/c1-3-5(2)4-6(9,10)7(11,12)8(13,14)15/h3H,4H2,1-2H3. The summed E-state index contributed by atoms with van der Waals surface area (Å²) < 4.78 is 84.8. The number of hydrogen-bond donors (Lipinski definition) is 0. The van der Waals surface area contributed by atoms with Crippen molar-refractivity contribution < 1.29 is 30.7 Å². The molecule has 0 aromatic heterocycles. The van der Waals surface area contributed by atoms with Gasteiger partial charge >= 0.3 is 18.0 Å². The summed E-state index contributed by atoms with van der Waals surface area (Å²) in [7, 11) is 0. The first-order valence-corrected chi connectivity index (χ1v) is 3.90. The van der Waals surface area contributed by atoms with E-state index < -0.39 is 24.4 Å². The molecule has 0 aromatic rings. The second kappa shape index (κ2) is 4.02. The van der Waals surface area contributed by atoms with Crippen LogP contribution in [0.3, 0.4) is 0 Å². The van der Waals surface area contributed by atoms with Gasteiger partial charge < -0.3 is 0 Å². The van der Waals surface area contributed by atoms with E-state index in [1.807, 2.05) is 0 Å². The molecule has 0 nitrogen and oxygen atoms in total.